The van der Waals surface area contributed by atoms with Crippen LogP contribution in [0.2, 0.25) is 0 Å². The topological polar surface area (TPSA) is 35.5 Å². The molecule has 0 aliphatic heterocycles. The Hall–Kier alpha value is -0.730. The molecule has 0 rings (SSSR count). The molecule has 0 aliphatic rings. The molecule has 0 bridgehead atoms. The summed E-state index contributed by atoms with van der Waals surface area (Å²) in [5, 5.41) is 0. The minimum absolute atomic E-state index is 0.485. The fourth-order valence-electron chi connectivity index (χ4n) is 3.18. The van der Waals surface area contributed by atoms with Gasteiger partial charge in [0.05, 0.1) is 13.2 Å². The molecule has 0 N–H and O–H groups in total. The maximum Gasteiger partial charge on any atom is 0.508 e. The summed E-state index contributed by atoms with van der Waals surface area (Å²) in [6.45, 7) is 5.50. The van der Waals surface area contributed by atoms with Crippen LogP contribution in [0.3, 0.4) is 0 Å². The van der Waals surface area contributed by atoms with Gasteiger partial charge in [0, 0.05) is 0 Å². The van der Waals surface area contributed by atoms with Crippen molar-refractivity contribution in [2.75, 3.05) is 13.2 Å². The summed E-state index contributed by atoms with van der Waals surface area (Å²) in [7, 11) is 0. The molecule has 0 heterocycles. The lowest BCUT2D eigenvalue weighted by Gasteiger charge is -2.06. The summed E-state index contributed by atoms with van der Waals surface area (Å²) in [6.07, 6.45) is 22.5. The number of carbonyl (C=O) groups is 1. The van der Waals surface area contributed by atoms with Gasteiger partial charge >= 0.3 is 6.16 Å². The molecule has 0 unspecified atom stereocenters. The predicted molar refractivity (Wildman–Crippen MR) is 112 cm³/mol. The highest BCUT2D eigenvalue weighted by Gasteiger charge is 2.03. The first-order valence-electron chi connectivity index (χ1n) is 11.6. The third-order valence-corrected chi connectivity index (χ3v) is 4.94. The molecule has 0 aromatic rings. The standard InChI is InChI=1S/C23H46O3/c1-3-5-7-9-11-12-13-14-15-16-18-20-22-26-23(24)25-21-19-17-10-8-6-4-2/h3-22H2,1-2H3. The van der Waals surface area contributed by atoms with E-state index in [9.17, 15) is 4.79 Å². The summed E-state index contributed by atoms with van der Waals surface area (Å²) < 4.78 is 10.2. The van der Waals surface area contributed by atoms with E-state index in [0.717, 1.165) is 25.7 Å². The minimum atomic E-state index is -0.485. The van der Waals surface area contributed by atoms with E-state index in [4.69, 9.17) is 9.47 Å². The molecule has 156 valence electrons. The van der Waals surface area contributed by atoms with Gasteiger partial charge in [-0.05, 0) is 12.8 Å². The second-order valence-electron chi connectivity index (χ2n) is 7.60. The Labute approximate surface area is 163 Å². The van der Waals surface area contributed by atoms with Crippen molar-refractivity contribution in [3.63, 3.8) is 0 Å². The van der Waals surface area contributed by atoms with Crippen LogP contribution in [0.5, 0.6) is 0 Å². The first kappa shape index (κ1) is 25.3. The van der Waals surface area contributed by atoms with Crippen molar-refractivity contribution in [3.05, 3.63) is 0 Å². The van der Waals surface area contributed by atoms with Crippen LogP contribution in [-0.4, -0.2) is 19.4 Å². The van der Waals surface area contributed by atoms with E-state index in [1.165, 1.54) is 89.9 Å². The quantitative estimate of drug-likeness (QED) is 0.160. The van der Waals surface area contributed by atoms with Gasteiger partial charge in [-0.3, -0.25) is 0 Å². The van der Waals surface area contributed by atoms with E-state index < -0.39 is 6.16 Å². The van der Waals surface area contributed by atoms with Crippen molar-refractivity contribution >= 4 is 6.16 Å². The third-order valence-electron chi connectivity index (χ3n) is 4.94. The number of unbranched alkanes of at least 4 members (excludes halogenated alkanes) is 16. The Bertz CT molecular complexity index is 279. The summed E-state index contributed by atoms with van der Waals surface area (Å²) in [5.41, 5.74) is 0. The number of hydrogen-bond donors (Lipinski definition) is 0. The normalized spacial score (nSPS) is 10.8. The Balaban J connectivity index is 3.12. The molecule has 0 radical (unpaired) electrons. The Morgan fingerprint density at radius 3 is 1.04 bits per heavy atom. The highest BCUT2D eigenvalue weighted by molar-refractivity contribution is 5.59. The van der Waals surface area contributed by atoms with Gasteiger partial charge in [-0.15, -0.1) is 0 Å². The Kier molecular flexibility index (Phi) is 21.7. The monoisotopic (exact) mass is 370 g/mol. The summed E-state index contributed by atoms with van der Waals surface area (Å²) in [4.78, 5) is 11.4. The van der Waals surface area contributed by atoms with E-state index in [0.29, 0.717) is 13.2 Å². The summed E-state index contributed by atoms with van der Waals surface area (Å²) in [5.74, 6) is 0. The summed E-state index contributed by atoms with van der Waals surface area (Å²) in [6, 6.07) is 0. The zero-order chi connectivity index (χ0) is 19.1. The number of carbonyl (C=O) groups excluding carboxylic acids is 1. The Morgan fingerprint density at radius 2 is 0.731 bits per heavy atom. The molecule has 0 saturated heterocycles. The van der Waals surface area contributed by atoms with Crippen LogP contribution in [0.1, 0.15) is 129 Å². The van der Waals surface area contributed by atoms with Crippen molar-refractivity contribution in [3.8, 4) is 0 Å². The van der Waals surface area contributed by atoms with Crippen molar-refractivity contribution in [2.45, 2.75) is 129 Å². The second-order valence-corrected chi connectivity index (χ2v) is 7.60. The first-order chi connectivity index (χ1) is 12.8. The molecule has 0 saturated carbocycles. The molecule has 3 heteroatoms. The van der Waals surface area contributed by atoms with Gasteiger partial charge in [-0.25, -0.2) is 4.79 Å². The Morgan fingerprint density at radius 1 is 0.462 bits per heavy atom. The van der Waals surface area contributed by atoms with Gasteiger partial charge in [-0.1, -0.05) is 117 Å². The smallest absolute Gasteiger partial charge is 0.434 e. The maximum absolute atomic E-state index is 11.4. The van der Waals surface area contributed by atoms with E-state index >= 15 is 0 Å². The van der Waals surface area contributed by atoms with Crippen molar-refractivity contribution in [1.82, 2.24) is 0 Å². The lowest BCUT2D eigenvalue weighted by Crippen LogP contribution is -2.09. The van der Waals surface area contributed by atoms with Crippen LogP contribution < -0.4 is 0 Å². The van der Waals surface area contributed by atoms with Gasteiger partial charge in [0.1, 0.15) is 0 Å². The van der Waals surface area contributed by atoms with Gasteiger partial charge in [0.15, 0.2) is 0 Å². The lowest BCUT2D eigenvalue weighted by molar-refractivity contribution is 0.0529. The molecule has 26 heavy (non-hydrogen) atoms. The maximum atomic E-state index is 11.4. The van der Waals surface area contributed by atoms with Gasteiger partial charge in [0.25, 0.3) is 0 Å². The molecule has 0 aliphatic carbocycles. The molecule has 3 nitrogen and oxygen atoms in total. The van der Waals surface area contributed by atoms with Crippen LogP contribution in [0.15, 0.2) is 0 Å². The molecule has 0 spiro atoms. The molecule has 0 aromatic carbocycles. The van der Waals surface area contributed by atoms with Gasteiger partial charge < -0.3 is 9.47 Å². The number of ether oxygens (including phenoxy) is 2. The van der Waals surface area contributed by atoms with Crippen molar-refractivity contribution < 1.29 is 14.3 Å². The fourth-order valence-corrected chi connectivity index (χ4v) is 3.18. The molecule has 0 amide bonds. The molecular formula is C23H46O3. The highest BCUT2D eigenvalue weighted by Crippen LogP contribution is 2.12. The predicted octanol–water partition coefficient (Wildman–Crippen LogP) is 8.20. The highest BCUT2D eigenvalue weighted by atomic mass is 16.7. The van der Waals surface area contributed by atoms with Gasteiger partial charge in [-0.2, -0.15) is 0 Å². The zero-order valence-electron chi connectivity index (χ0n) is 17.9. The van der Waals surface area contributed by atoms with E-state index in [2.05, 4.69) is 13.8 Å². The van der Waals surface area contributed by atoms with Crippen LogP contribution in [0.25, 0.3) is 0 Å². The van der Waals surface area contributed by atoms with Crippen LogP contribution >= 0.6 is 0 Å². The van der Waals surface area contributed by atoms with Crippen molar-refractivity contribution in [1.29, 1.82) is 0 Å². The van der Waals surface area contributed by atoms with E-state index in [-0.39, 0.29) is 0 Å². The average molecular weight is 371 g/mol. The van der Waals surface area contributed by atoms with E-state index in [1.54, 1.807) is 0 Å². The molecule has 0 aromatic heterocycles. The SMILES string of the molecule is CCCCCCCCCCCCCCOC(=O)OCCCCCCCC. The largest absolute Gasteiger partial charge is 0.508 e. The van der Waals surface area contributed by atoms with Gasteiger partial charge in [0.2, 0.25) is 0 Å². The van der Waals surface area contributed by atoms with Crippen molar-refractivity contribution in [2.24, 2.45) is 0 Å². The molecule has 0 atom stereocenters. The average Bonchev–Trinajstić information content (AvgIpc) is 2.64. The third kappa shape index (κ3) is 21.3. The second kappa shape index (κ2) is 22.3. The minimum Gasteiger partial charge on any atom is -0.434 e. The molecular weight excluding hydrogens is 324 g/mol. The van der Waals surface area contributed by atoms with E-state index in [1.807, 2.05) is 0 Å². The van der Waals surface area contributed by atoms with Crippen LogP contribution in [0.4, 0.5) is 4.79 Å². The zero-order valence-corrected chi connectivity index (χ0v) is 17.9. The fraction of sp³-hybridized carbons (Fsp3) is 0.957. The molecule has 0 fully saturated rings. The number of rotatable bonds is 20. The lowest BCUT2D eigenvalue weighted by atomic mass is 10.1. The number of hydrogen-bond acceptors (Lipinski definition) is 3. The first-order valence-corrected chi connectivity index (χ1v) is 11.6. The summed E-state index contributed by atoms with van der Waals surface area (Å²) >= 11 is 0. The van der Waals surface area contributed by atoms with Crippen LogP contribution in [-0.2, 0) is 9.47 Å². The van der Waals surface area contributed by atoms with Crippen LogP contribution in [0, 0.1) is 0 Å².